The first kappa shape index (κ1) is 23.1. The molecule has 1 aliphatic heterocycles. The standard InChI is InChI=1S/C22H22N4O5S2/c1-2-10-25-21(17-4-3-5-19(15-17)26(27)28)16-32-22(25)23-18-6-8-20(9-7-18)33(29,30)24-11-13-31-14-12-24/h2-9,15-16H,1,10-14H2. The molecule has 0 N–H and O–H groups in total. The molecule has 11 heteroatoms. The summed E-state index contributed by atoms with van der Waals surface area (Å²) < 4.78 is 34.2. The summed E-state index contributed by atoms with van der Waals surface area (Å²) in [6.07, 6.45) is 1.73. The second-order valence-corrected chi connectivity index (χ2v) is 10.0. The Labute approximate surface area is 195 Å². The first-order valence-corrected chi connectivity index (χ1v) is 12.5. The van der Waals surface area contributed by atoms with E-state index in [1.807, 2.05) is 16.0 Å². The van der Waals surface area contributed by atoms with Crippen molar-refractivity contribution in [2.75, 3.05) is 26.3 Å². The smallest absolute Gasteiger partial charge is 0.270 e. The highest BCUT2D eigenvalue weighted by atomic mass is 32.2. The topological polar surface area (TPSA) is 107 Å². The van der Waals surface area contributed by atoms with Crippen LogP contribution >= 0.6 is 11.3 Å². The SMILES string of the molecule is C=CCn1c(-c2cccc([N+](=O)[O-])c2)csc1=Nc1ccc(S(=O)(=O)N2CCOCC2)cc1. The number of allylic oxidation sites excluding steroid dienone is 1. The molecule has 172 valence electrons. The zero-order valence-corrected chi connectivity index (χ0v) is 19.3. The van der Waals surface area contributed by atoms with E-state index in [0.717, 1.165) is 5.69 Å². The summed E-state index contributed by atoms with van der Waals surface area (Å²) in [5.41, 5.74) is 2.10. The number of hydrogen-bond acceptors (Lipinski definition) is 7. The van der Waals surface area contributed by atoms with E-state index in [2.05, 4.69) is 11.6 Å². The van der Waals surface area contributed by atoms with Crippen LogP contribution in [0.1, 0.15) is 0 Å². The summed E-state index contributed by atoms with van der Waals surface area (Å²) in [5, 5.41) is 13.0. The Hall–Kier alpha value is -3.12. The third-order valence-corrected chi connectivity index (χ3v) is 7.91. The van der Waals surface area contributed by atoms with Crippen molar-refractivity contribution in [2.45, 2.75) is 11.4 Å². The van der Waals surface area contributed by atoms with E-state index in [-0.39, 0.29) is 10.6 Å². The van der Waals surface area contributed by atoms with Crippen LogP contribution in [0.15, 0.2) is 76.5 Å². The van der Waals surface area contributed by atoms with Crippen LogP contribution in [0.25, 0.3) is 11.3 Å². The largest absolute Gasteiger partial charge is 0.379 e. The van der Waals surface area contributed by atoms with Gasteiger partial charge in [-0.25, -0.2) is 13.4 Å². The van der Waals surface area contributed by atoms with Crippen molar-refractivity contribution < 1.29 is 18.1 Å². The lowest BCUT2D eigenvalue weighted by Gasteiger charge is -2.26. The highest BCUT2D eigenvalue weighted by Gasteiger charge is 2.26. The lowest BCUT2D eigenvalue weighted by molar-refractivity contribution is -0.384. The number of morpholine rings is 1. The minimum absolute atomic E-state index is 0.0133. The van der Waals surface area contributed by atoms with Crippen molar-refractivity contribution in [1.29, 1.82) is 0 Å². The van der Waals surface area contributed by atoms with E-state index < -0.39 is 14.9 Å². The average Bonchev–Trinajstić information content (AvgIpc) is 3.22. The van der Waals surface area contributed by atoms with Crippen molar-refractivity contribution in [3.63, 3.8) is 0 Å². The number of non-ortho nitro benzene ring substituents is 1. The molecule has 3 aromatic rings. The number of benzene rings is 2. The summed E-state index contributed by atoms with van der Waals surface area (Å²) >= 11 is 1.39. The summed E-state index contributed by atoms with van der Waals surface area (Å²) in [6.45, 7) is 5.72. The number of ether oxygens (including phenoxy) is 1. The molecule has 0 saturated carbocycles. The van der Waals surface area contributed by atoms with Gasteiger partial charge in [0, 0.05) is 42.7 Å². The van der Waals surface area contributed by atoms with Crippen LogP contribution in [-0.4, -0.2) is 48.5 Å². The second kappa shape index (κ2) is 9.79. The van der Waals surface area contributed by atoms with Gasteiger partial charge in [0.25, 0.3) is 5.69 Å². The second-order valence-electron chi connectivity index (χ2n) is 7.23. The molecule has 0 radical (unpaired) electrons. The van der Waals surface area contributed by atoms with Crippen LogP contribution in [0.2, 0.25) is 0 Å². The van der Waals surface area contributed by atoms with E-state index in [4.69, 9.17) is 4.74 Å². The Kier molecular flexibility index (Phi) is 6.84. The quantitative estimate of drug-likeness (QED) is 0.288. The van der Waals surface area contributed by atoms with Gasteiger partial charge >= 0.3 is 0 Å². The van der Waals surface area contributed by atoms with E-state index in [1.54, 1.807) is 36.4 Å². The molecule has 1 fully saturated rings. The summed E-state index contributed by atoms with van der Waals surface area (Å²) in [7, 11) is -3.57. The highest BCUT2D eigenvalue weighted by molar-refractivity contribution is 7.89. The third kappa shape index (κ3) is 4.96. The maximum Gasteiger partial charge on any atom is 0.270 e. The van der Waals surface area contributed by atoms with Crippen molar-refractivity contribution in [3.8, 4) is 11.3 Å². The molecule has 0 spiro atoms. The van der Waals surface area contributed by atoms with Gasteiger partial charge in [0.1, 0.15) is 0 Å². The Morgan fingerprint density at radius 2 is 1.91 bits per heavy atom. The van der Waals surface area contributed by atoms with Crippen LogP contribution in [0.3, 0.4) is 0 Å². The van der Waals surface area contributed by atoms with Crippen LogP contribution < -0.4 is 4.80 Å². The molecule has 4 rings (SSSR count). The molecule has 0 aliphatic carbocycles. The minimum Gasteiger partial charge on any atom is -0.379 e. The summed E-state index contributed by atoms with van der Waals surface area (Å²) in [4.78, 5) is 16.3. The van der Waals surface area contributed by atoms with Crippen molar-refractivity contribution in [1.82, 2.24) is 8.87 Å². The van der Waals surface area contributed by atoms with E-state index in [1.165, 1.54) is 27.8 Å². The molecule has 0 bridgehead atoms. The van der Waals surface area contributed by atoms with Crippen molar-refractivity contribution in [2.24, 2.45) is 4.99 Å². The molecule has 2 heterocycles. The van der Waals surface area contributed by atoms with Gasteiger partial charge in [-0.15, -0.1) is 17.9 Å². The first-order valence-electron chi connectivity index (χ1n) is 10.2. The summed E-state index contributed by atoms with van der Waals surface area (Å²) in [6, 6.07) is 12.9. The Morgan fingerprint density at radius 1 is 1.18 bits per heavy atom. The zero-order chi connectivity index (χ0) is 23.4. The number of nitrogens with zero attached hydrogens (tertiary/aromatic N) is 4. The number of sulfonamides is 1. The molecular weight excluding hydrogens is 464 g/mol. The van der Waals surface area contributed by atoms with Gasteiger partial charge in [-0.3, -0.25) is 10.1 Å². The van der Waals surface area contributed by atoms with Crippen molar-refractivity contribution in [3.05, 3.63) is 81.5 Å². The van der Waals surface area contributed by atoms with Gasteiger partial charge < -0.3 is 9.30 Å². The van der Waals surface area contributed by atoms with Crippen LogP contribution in [0, 0.1) is 10.1 Å². The number of hydrogen-bond donors (Lipinski definition) is 0. The highest BCUT2D eigenvalue weighted by Crippen LogP contribution is 2.25. The third-order valence-electron chi connectivity index (χ3n) is 5.13. The monoisotopic (exact) mass is 486 g/mol. The molecule has 0 atom stereocenters. The lowest BCUT2D eigenvalue weighted by atomic mass is 10.1. The number of nitro benzene ring substituents is 1. The Bertz CT molecular complexity index is 1340. The molecule has 9 nitrogen and oxygen atoms in total. The molecule has 1 aliphatic rings. The Balaban J connectivity index is 1.67. The average molecular weight is 487 g/mol. The number of thiazole rings is 1. The number of rotatable bonds is 7. The lowest BCUT2D eigenvalue weighted by Crippen LogP contribution is -2.40. The van der Waals surface area contributed by atoms with Gasteiger partial charge in [-0.2, -0.15) is 4.31 Å². The normalized spacial score (nSPS) is 15.5. The van der Waals surface area contributed by atoms with Gasteiger partial charge in [-0.05, 0) is 24.3 Å². The fourth-order valence-electron chi connectivity index (χ4n) is 3.47. The Morgan fingerprint density at radius 3 is 2.58 bits per heavy atom. The molecule has 33 heavy (non-hydrogen) atoms. The minimum atomic E-state index is -3.57. The van der Waals surface area contributed by atoms with E-state index >= 15 is 0 Å². The predicted molar refractivity (Wildman–Crippen MR) is 126 cm³/mol. The van der Waals surface area contributed by atoms with Gasteiger partial charge in [0.2, 0.25) is 10.0 Å². The molecule has 1 saturated heterocycles. The zero-order valence-electron chi connectivity index (χ0n) is 17.7. The van der Waals surface area contributed by atoms with Gasteiger partial charge in [-0.1, -0.05) is 18.2 Å². The fraction of sp³-hybridized carbons (Fsp3) is 0.227. The predicted octanol–water partition coefficient (Wildman–Crippen LogP) is 3.56. The molecular formula is C22H22N4O5S2. The molecule has 2 aromatic carbocycles. The maximum absolute atomic E-state index is 12.8. The molecule has 0 unspecified atom stereocenters. The summed E-state index contributed by atoms with van der Waals surface area (Å²) in [5.74, 6) is 0. The van der Waals surface area contributed by atoms with Gasteiger partial charge in [0.15, 0.2) is 4.80 Å². The van der Waals surface area contributed by atoms with Gasteiger partial charge in [0.05, 0.1) is 34.4 Å². The van der Waals surface area contributed by atoms with Crippen LogP contribution in [0.5, 0.6) is 0 Å². The maximum atomic E-state index is 12.8. The first-order chi connectivity index (χ1) is 15.9. The molecule has 1 aromatic heterocycles. The van der Waals surface area contributed by atoms with Crippen LogP contribution in [-0.2, 0) is 21.3 Å². The fourth-order valence-corrected chi connectivity index (χ4v) is 5.82. The van der Waals surface area contributed by atoms with Crippen molar-refractivity contribution >= 4 is 32.7 Å². The molecule has 0 amide bonds. The number of aromatic nitrogens is 1. The van der Waals surface area contributed by atoms with E-state index in [9.17, 15) is 18.5 Å². The number of nitro groups is 1. The van der Waals surface area contributed by atoms with Crippen LogP contribution in [0.4, 0.5) is 11.4 Å². The van der Waals surface area contributed by atoms with E-state index in [0.29, 0.717) is 48.9 Å².